The SMILES string of the molecule is CC1=C(C)N(N2C=C(c3ccccc3)SC2c2ccccc2)CS1. The van der Waals surface area contributed by atoms with Crippen molar-refractivity contribution in [3.63, 3.8) is 0 Å². The molecule has 0 aliphatic carbocycles. The van der Waals surface area contributed by atoms with Crippen molar-refractivity contribution in [3.8, 4) is 0 Å². The molecule has 0 spiro atoms. The van der Waals surface area contributed by atoms with Crippen LogP contribution < -0.4 is 0 Å². The van der Waals surface area contributed by atoms with Gasteiger partial charge in [0.05, 0.1) is 5.88 Å². The highest BCUT2D eigenvalue weighted by Crippen LogP contribution is 2.50. The third kappa shape index (κ3) is 2.85. The van der Waals surface area contributed by atoms with Gasteiger partial charge in [0.25, 0.3) is 0 Å². The van der Waals surface area contributed by atoms with Crippen LogP contribution in [0.4, 0.5) is 0 Å². The summed E-state index contributed by atoms with van der Waals surface area (Å²) in [4.78, 5) is 2.74. The number of hydrogen-bond donors (Lipinski definition) is 0. The number of allylic oxidation sites excluding steroid dienone is 2. The van der Waals surface area contributed by atoms with E-state index in [2.05, 4.69) is 90.7 Å². The summed E-state index contributed by atoms with van der Waals surface area (Å²) < 4.78 is 0. The van der Waals surface area contributed by atoms with Gasteiger partial charge in [0.15, 0.2) is 0 Å². The second kappa shape index (κ2) is 6.61. The number of hydrogen-bond acceptors (Lipinski definition) is 4. The molecule has 0 saturated heterocycles. The number of hydrazine groups is 1. The van der Waals surface area contributed by atoms with Crippen molar-refractivity contribution in [1.82, 2.24) is 10.0 Å². The number of rotatable bonds is 3. The van der Waals surface area contributed by atoms with Crippen LogP contribution in [0.15, 0.2) is 77.5 Å². The Balaban J connectivity index is 1.72. The quantitative estimate of drug-likeness (QED) is 0.677. The zero-order chi connectivity index (χ0) is 16.5. The Hall–Kier alpha value is -1.78. The monoisotopic (exact) mass is 352 g/mol. The molecule has 1 unspecified atom stereocenters. The van der Waals surface area contributed by atoms with Crippen LogP contribution in [0.1, 0.15) is 30.3 Å². The molecule has 0 radical (unpaired) electrons. The van der Waals surface area contributed by atoms with Crippen molar-refractivity contribution in [1.29, 1.82) is 0 Å². The predicted molar refractivity (Wildman–Crippen MR) is 106 cm³/mol. The van der Waals surface area contributed by atoms with E-state index in [4.69, 9.17) is 0 Å². The first-order chi connectivity index (χ1) is 11.7. The Labute approximate surface area is 152 Å². The summed E-state index contributed by atoms with van der Waals surface area (Å²) in [6.07, 6.45) is 2.31. The van der Waals surface area contributed by atoms with Crippen LogP contribution in [0, 0.1) is 0 Å². The van der Waals surface area contributed by atoms with Gasteiger partial charge < -0.3 is 0 Å². The van der Waals surface area contributed by atoms with Gasteiger partial charge in [0.2, 0.25) is 0 Å². The normalized spacial score (nSPS) is 20.8. The molecule has 0 bridgehead atoms. The van der Waals surface area contributed by atoms with Crippen LogP contribution in [-0.2, 0) is 0 Å². The number of thioether (sulfide) groups is 2. The van der Waals surface area contributed by atoms with E-state index in [1.54, 1.807) is 0 Å². The minimum atomic E-state index is 0.280. The average Bonchev–Trinajstić information content (AvgIpc) is 3.21. The molecule has 2 aliphatic rings. The van der Waals surface area contributed by atoms with Crippen molar-refractivity contribution in [2.24, 2.45) is 0 Å². The maximum Gasteiger partial charge on any atom is 0.125 e. The van der Waals surface area contributed by atoms with Gasteiger partial charge in [-0.2, -0.15) is 0 Å². The zero-order valence-corrected chi connectivity index (χ0v) is 15.5. The molecule has 122 valence electrons. The van der Waals surface area contributed by atoms with Gasteiger partial charge >= 0.3 is 0 Å². The molecule has 1 atom stereocenters. The third-order valence-electron chi connectivity index (χ3n) is 4.45. The largest absolute Gasteiger partial charge is 0.278 e. The highest BCUT2D eigenvalue weighted by atomic mass is 32.2. The lowest BCUT2D eigenvalue weighted by molar-refractivity contribution is 0.0781. The lowest BCUT2D eigenvalue weighted by Gasteiger charge is -2.35. The molecule has 2 aromatic carbocycles. The second-order valence-corrected chi connectivity index (χ2v) is 8.22. The van der Waals surface area contributed by atoms with Crippen LogP contribution in [0.5, 0.6) is 0 Å². The summed E-state index contributed by atoms with van der Waals surface area (Å²) in [7, 11) is 0. The molecule has 0 fully saturated rings. The van der Waals surface area contributed by atoms with Gasteiger partial charge in [-0.3, -0.25) is 10.0 Å². The molecule has 2 aromatic rings. The molecule has 0 saturated carbocycles. The van der Waals surface area contributed by atoms with E-state index in [1.165, 1.54) is 26.6 Å². The van der Waals surface area contributed by atoms with Crippen molar-refractivity contribution in [3.05, 3.63) is 88.6 Å². The first kappa shape index (κ1) is 15.7. The van der Waals surface area contributed by atoms with E-state index in [1.807, 2.05) is 23.5 Å². The number of benzene rings is 2. The lowest BCUT2D eigenvalue weighted by Crippen LogP contribution is -2.35. The molecule has 4 heteroatoms. The van der Waals surface area contributed by atoms with E-state index in [0.29, 0.717) is 0 Å². The average molecular weight is 353 g/mol. The fraction of sp³-hybridized carbons (Fsp3) is 0.200. The van der Waals surface area contributed by atoms with Gasteiger partial charge in [-0.05, 0) is 25.0 Å². The van der Waals surface area contributed by atoms with E-state index in [9.17, 15) is 0 Å². The molecule has 0 amide bonds. The van der Waals surface area contributed by atoms with Gasteiger partial charge in [0, 0.05) is 21.7 Å². The summed E-state index contributed by atoms with van der Waals surface area (Å²) in [5, 5.41) is 5.09. The predicted octanol–water partition coefficient (Wildman–Crippen LogP) is 5.91. The smallest absolute Gasteiger partial charge is 0.125 e. The van der Waals surface area contributed by atoms with Crippen LogP contribution >= 0.6 is 23.5 Å². The molecular weight excluding hydrogens is 332 g/mol. The third-order valence-corrected chi connectivity index (χ3v) is 6.86. The molecule has 24 heavy (non-hydrogen) atoms. The van der Waals surface area contributed by atoms with Crippen molar-refractivity contribution in [2.45, 2.75) is 19.2 Å². The highest BCUT2D eigenvalue weighted by molar-refractivity contribution is 8.08. The number of nitrogens with zero attached hydrogens (tertiary/aromatic N) is 2. The molecule has 2 heterocycles. The summed E-state index contributed by atoms with van der Waals surface area (Å²) in [5.41, 5.74) is 3.98. The fourth-order valence-electron chi connectivity index (χ4n) is 2.95. The van der Waals surface area contributed by atoms with Gasteiger partial charge in [-0.25, -0.2) is 0 Å². The maximum atomic E-state index is 2.40. The van der Waals surface area contributed by atoms with E-state index >= 15 is 0 Å². The molecule has 2 aliphatic heterocycles. The van der Waals surface area contributed by atoms with E-state index < -0.39 is 0 Å². The fourth-order valence-corrected chi connectivity index (χ4v) is 5.17. The first-order valence-electron chi connectivity index (χ1n) is 8.09. The highest BCUT2D eigenvalue weighted by Gasteiger charge is 2.34. The van der Waals surface area contributed by atoms with Gasteiger partial charge in [-0.15, -0.1) is 11.8 Å². The Morgan fingerprint density at radius 2 is 1.58 bits per heavy atom. The van der Waals surface area contributed by atoms with Crippen LogP contribution in [0.2, 0.25) is 0 Å². The molecular formula is C20H20N2S2. The molecule has 0 aromatic heterocycles. The summed E-state index contributed by atoms with van der Waals surface area (Å²) in [6, 6.07) is 21.5. The lowest BCUT2D eigenvalue weighted by atomic mass is 10.2. The minimum absolute atomic E-state index is 0.280. The Bertz CT molecular complexity index is 784. The standard InChI is InChI=1S/C20H20N2S2/c1-15-16(2)23-14-22(15)21-13-19(17-9-5-3-6-10-17)24-20(21)18-11-7-4-8-12-18/h3-13,20H,14H2,1-2H3. The molecule has 4 rings (SSSR count). The minimum Gasteiger partial charge on any atom is -0.278 e. The van der Waals surface area contributed by atoms with Crippen molar-refractivity contribution < 1.29 is 0 Å². The van der Waals surface area contributed by atoms with Crippen molar-refractivity contribution >= 4 is 28.4 Å². The zero-order valence-electron chi connectivity index (χ0n) is 13.8. The summed E-state index contributed by atoms with van der Waals surface area (Å²) >= 11 is 3.85. The van der Waals surface area contributed by atoms with Crippen LogP contribution in [-0.4, -0.2) is 15.9 Å². The maximum absolute atomic E-state index is 2.40. The Morgan fingerprint density at radius 3 is 2.21 bits per heavy atom. The Kier molecular flexibility index (Phi) is 4.33. The molecule has 0 N–H and O–H groups in total. The summed E-state index contributed by atoms with van der Waals surface area (Å²) in [5.74, 6) is 0.986. The first-order valence-corrected chi connectivity index (χ1v) is 9.95. The van der Waals surface area contributed by atoms with Crippen LogP contribution in [0.3, 0.4) is 0 Å². The Morgan fingerprint density at radius 1 is 0.917 bits per heavy atom. The summed E-state index contributed by atoms with van der Waals surface area (Å²) in [6.45, 7) is 4.43. The molecule has 2 nitrogen and oxygen atoms in total. The van der Waals surface area contributed by atoms with Gasteiger partial charge in [-0.1, -0.05) is 72.4 Å². The van der Waals surface area contributed by atoms with Crippen molar-refractivity contribution in [2.75, 3.05) is 5.88 Å². The van der Waals surface area contributed by atoms with E-state index in [-0.39, 0.29) is 5.37 Å². The topological polar surface area (TPSA) is 6.48 Å². The van der Waals surface area contributed by atoms with Crippen LogP contribution in [0.25, 0.3) is 4.91 Å². The second-order valence-electron chi connectivity index (χ2n) is 5.93. The van der Waals surface area contributed by atoms with E-state index in [0.717, 1.165) is 5.88 Å². The van der Waals surface area contributed by atoms with Gasteiger partial charge in [0.1, 0.15) is 5.37 Å².